The van der Waals surface area contributed by atoms with E-state index in [9.17, 15) is 0 Å². The van der Waals surface area contributed by atoms with Crippen molar-refractivity contribution in [2.75, 3.05) is 0 Å². The molecule has 3 heteroatoms. The molecule has 2 aliphatic carbocycles. The van der Waals surface area contributed by atoms with E-state index in [1.807, 2.05) is 0 Å². The molecule has 0 aromatic heterocycles. The monoisotopic (exact) mass is 332 g/mol. The maximum Gasteiger partial charge on any atom is -1.00 e. The second kappa shape index (κ2) is 8.52. The van der Waals surface area contributed by atoms with Crippen LogP contribution in [0.4, 0.5) is 0 Å². The van der Waals surface area contributed by atoms with Gasteiger partial charge < -0.3 is 24.8 Å². The molecule has 0 aliphatic heterocycles. The first-order chi connectivity index (χ1) is 8.17. The molecule has 0 atom stereocenters. The van der Waals surface area contributed by atoms with E-state index in [1.165, 1.54) is 25.7 Å². The molecule has 0 spiro atoms. The number of allylic oxidation sites excluding steroid dienone is 8. The smallest absolute Gasteiger partial charge is 1.00 e. The Morgan fingerprint density at radius 3 is 1.53 bits per heavy atom. The molecular weight excluding hydrogens is 311 g/mol. The van der Waals surface area contributed by atoms with Crippen LogP contribution in [0, 0.1) is 0 Å². The average molecular weight is 333 g/mol. The van der Waals surface area contributed by atoms with Crippen LogP contribution in [0.5, 0.6) is 0 Å². The molecule has 0 radical (unpaired) electrons. The van der Waals surface area contributed by atoms with E-state index >= 15 is 0 Å². The third-order valence-electron chi connectivity index (χ3n) is 3.88. The summed E-state index contributed by atoms with van der Waals surface area (Å²) >= 11 is -0.0720. The van der Waals surface area contributed by atoms with Crippen LogP contribution in [-0.4, -0.2) is 0 Å². The predicted octanol–water partition coefficient (Wildman–Crippen LogP) is -0.895. The van der Waals surface area contributed by atoms with Gasteiger partial charge in [0.05, 0.1) is 0 Å². The van der Waals surface area contributed by atoms with Crippen LogP contribution in [-0.2, 0) is 19.2 Å². The summed E-state index contributed by atoms with van der Waals surface area (Å²) in [5.74, 6) is 0. The van der Waals surface area contributed by atoms with Gasteiger partial charge in [0.25, 0.3) is 0 Å². The molecule has 0 amide bonds. The van der Waals surface area contributed by atoms with E-state index in [0.29, 0.717) is 0 Å². The van der Waals surface area contributed by atoms with Crippen molar-refractivity contribution in [2.45, 2.75) is 53.4 Å². The maximum absolute atomic E-state index is 2.50. The zero-order valence-corrected chi connectivity index (χ0v) is 15.3. The predicted molar refractivity (Wildman–Crippen MR) is 71.4 cm³/mol. The van der Waals surface area contributed by atoms with Crippen molar-refractivity contribution in [3.05, 3.63) is 42.2 Å². The molecule has 0 saturated heterocycles. The van der Waals surface area contributed by atoms with Gasteiger partial charge in [-0.15, -0.1) is 0 Å². The molecule has 2 rings (SSSR count). The van der Waals surface area contributed by atoms with Crippen LogP contribution in [0.1, 0.15) is 53.4 Å². The fourth-order valence-corrected chi connectivity index (χ4v) is 5.63. The summed E-state index contributed by atoms with van der Waals surface area (Å²) in [5, 5.41) is 0. The first-order valence-corrected chi connectivity index (χ1v) is 8.28. The molecular formula is C16H22Cl2Ti. The molecule has 2 aliphatic rings. The van der Waals surface area contributed by atoms with Crippen molar-refractivity contribution in [2.24, 2.45) is 0 Å². The van der Waals surface area contributed by atoms with Gasteiger partial charge >= 0.3 is 115 Å². The van der Waals surface area contributed by atoms with E-state index in [0.717, 1.165) is 0 Å². The Labute approximate surface area is 139 Å². The molecule has 0 fully saturated rings. The molecule has 19 heavy (non-hydrogen) atoms. The molecule has 0 saturated carbocycles. The van der Waals surface area contributed by atoms with Gasteiger partial charge in [-0.25, -0.2) is 0 Å². The number of halogens is 2. The maximum atomic E-state index is 2.50. The molecule has 0 heterocycles. The minimum absolute atomic E-state index is 0. The van der Waals surface area contributed by atoms with Crippen molar-refractivity contribution in [3.63, 3.8) is 0 Å². The molecule has 0 nitrogen and oxygen atoms in total. The van der Waals surface area contributed by atoms with Crippen molar-refractivity contribution < 1.29 is 44.0 Å². The summed E-state index contributed by atoms with van der Waals surface area (Å²) in [6.07, 6.45) is 9.85. The minimum atomic E-state index is -0.0720. The molecule has 0 N–H and O–H groups in total. The van der Waals surface area contributed by atoms with E-state index in [1.54, 1.807) is 30.0 Å². The summed E-state index contributed by atoms with van der Waals surface area (Å²) in [7, 11) is 0. The van der Waals surface area contributed by atoms with Gasteiger partial charge in [-0.2, -0.15) is 0 Å². The standard InChI is InChI=1S/2C8H11.2ClH.Ti/c2*1-3-8-6-4-5-7(8)2;;;/h2*4H,3,5H2,1-2H3;2*1H;/q;;;;+2/p-2. The topological polar surface area (TPSA) is 0 Å². The van der Waals surface area contributed by atoms with E-state index < -0.39 is 0 Å². The van der Waals surface area contributed by atoms with Crippen molar-refractivity contribution >= 4 is 0 Å². The quantitative estimate of drug-likeness (QED) is 0.586. The Morgan fingerprint density at radius 1 is 0.842 bits per heavy atom. The first kappa shape index (κ1) is 19.3. The fraction of sp³-hybridized carbons (Fsp3) is 0.500. The van der Waals surface area contributed by atoms with Crippen molar-refractivity contribution in [1.29, 1.82) is 0 Å². The van der Waals surface area contributed by atoms with Crippen LogP contribution in [0.25, 0.3) is 0 Å². The van der Waals surface area contributed by atoms with Crippen molar-refractivity contribution in [1.82, 2.24) is 0 Å². The largest absolute Gasteiger partial charge is 1.00 e. The van der Waals surface area contributed by atoms with Crippen LogP contribution >= 0.6 is 0 Å². The first-order valence-electron chi connectivity index (χ1n) is 6.72. The Balaban J connectivity index is 0.00000162. The second-order valence-corrected chi connectivity index (χ2v) is 7.07. The van der Waals surface area contributed by atoms with Crippen LogP contribution < -0.4 is 24.8 Å². The number of hydrogen-bond acceptors (Lipinski definition) is 0. The molecule has 0 aromatic rings. The molecule has 0 bridgehead atoms. The third kappa shape index (κ3) is 4.11. The zero-order valence-electron chi connectivity index (χ0n) is 12.2. The summed E-state index contributed by atoms with van der Waals surface area (Å²) in [6, 6.07) is 0. The SMILES string of the molecule is CCC1=C(C)CC=[C]1[Ti+2][C]1=CCC(C)=C1CC.[Cl-].[Cl-]. The van der Waals surface area contributed by atoms with Gasteiger partial charge in [0.1, 0.15) is 0 Å². The normalized spacial score (nSPS) is 17.7. The van der Waals surface area contributed by atoms with Crippen molar-refractivity contribution in [3.8, 4) is 0 Å². The van der Waals surface area contributed by atoms with Gasteiger partial charge in [-0.05, 0) is 0 Å². The van der Waals surface area contributed by atoms with Crippen LogP contribution in [0.3, 0.4) is 0 Å². The van der Waals surface area contributed by atoms with Gasteiger partial charge in [0.15, 0.2) is 0 Å². The van der Waals surface area contributed by atoms with E-state index in [4.69, 9.17) is 0 Å². The minimum Gasteiger partial charge on any atom is -1.00 e. The summed E-state index contributed by atoms with van der Waals surface area (Å²) in [5.41, 5.74) is 6.57. The van der Waals surface area contributed by atoms with Gasteiger partial charge in [-0.1, -0.05) is 0 Å². The van der Waals surface area contributed by atoms with E-state index in [-0.39, 0.29) is 44.0 Å². The summed E-state index contributed by atoms with van der Waals surface area (Å²) in [6.45, 7) is 9.21. The Hall–Kier alpha value is 0.254. The van der Waals surface area contributed by atoms with Crippen LogP contribution in [0.2, 0.25) is 0 Å². The van der Waals surface area contributed by atoms with E-state index in [2.05, 4.69) is 39.8 Å². The van der Waals surface area contributed by atoms with Gasteiger partial charge in [-0.3, -0.25) is 0 Å². The van der Waals surface area contributed by atoms with Gasteiger partial charge in [0, 0.05) is 0 Å². The van der Waals surface area contributed by atoms with Crippen LogP contribution in [0.15, 0.2) is 42.2 Å². The fourth-order valence-electron chi connectivity index (χ4n) is 2.85. The third-order valence-corrected chi connectivity index (χ3v) is 6.30. The molecule has 0 unspecified atom stereocenters. The second-order valence-electron chi connectivity index (χ2n) is 4.99. The Bertz CT molecular complexity index is 411. The number of hydrogen-bond donors (Lipinski definition) is 0. The summed E-state index contributed by atoms with van der Waals surface area (Å²) < 4.78 is 3.44. The summed E-state index contributed by atoms with van der Waals surface area (Å²) in [4.78, 5) is 0. The Kier molecular flexibility index (Phi) is 8.64. The molecule has 0 aromatic carbocycles. The zero-order chi connectivity index (χ0) is 12.4. The Morgan fingerprint density at radius 2 is 1.21 bits per heavy atom. The molecule has 104 valence electrons. The average Bonchev–Trinajstić information content (AvgIpc) is 2.83. The van der Waals surface area contributed by atoms with Gasteiger partial charge in [0.2, 0.25) is 0 Å². The number of rotatable bonds is 4.